The number of hydrogen-bond donors (Lipinski definition) is 1. The minimum atomic E-state index is -0.493. The van der Waals surface area contributed by atoms with Crippen LogP contribution in [-0.2, 0) is 0 Å². The maximum Gasteiger partial charge on any atom is 0.187 e. The van der Waals surface area contributed by atoms with Crippen LogP contribution in [0, 0.1) is 5.82 Å². The van der Waals surface area contributed by atoms with Crippen molar-refractivity contribution in [1.82, 2.24) is 20.2 Å². The number of anilines is 1. The summed E-state index contributed by atoms with van der Waals surface area (Å²) in [4.78, 5) is 0. The van der Waals surface area contributed by atoms with Gasteiger partial charge in [-0.15, -0.1) is 5.10 Å². The molecule has 3 aromatic rings. The summed E-state index contributed by atoms with van der Waals surface area (Å²) in [6.07, 6.45) is 0. The summed E-state index contributed by atoms with van der Waals surface area (Å²) in [5, 5.41) is 12.3. The van der Waals surface area contributed by atoms with Crippen LogP contribution in [0.15, 0.2) is 36.4 Å². The Morgan fingerprint density at radius 2 is 1.86 bits per heavy atom. The Morgan fingerprint density at radius 3 is 2.57 bits per heavy atom. The van der Waals surface area contributed by atoms with Gasteiger partial charge in [0.2, 0.25) is 0 Å². The predicted molar refractivity (Wildman–Crippen MR) is 79.0 cm³/mol. The van der Waals surface area contributed by atoms with Gasteiger partial charge in [-0.3, -0.25) is 0 Å². The van der Waals surface area contributed by atoms with Crippen LogP contribution < -0.4 is 5.73 Å². The Hall–Kier alpha value is -2.18. The third-order valence-electron chi connectivity index (χ3n) is 2.87. The molecule has 2 N–H and O–H groups in total. The lowest BCUT2D eigenvalue weighted by Crippen LogP contribution is -2.00. The van der Waals surface area contributed by atoms with Crippen molar-refractivity contribution in [3.05, 3.63) is 52.3 Å². The molecule has 0 bridgehead atoms. The number of halogens is 3. The highest BCUT2D eigenvalue weighted by atomic mass is 35.5. The Kier molecular flexibility index (Phi) is 3.48. The zero-order chi connectivity index (χ0) is 15.0. The molecule has 0 aliphatic rings. The molecule has 106 valence electrons. The zero-order valence-electron chi connectivity index (χ0n) is 10.5. The average molecular weight is 324 g/mol. The summed E-state index contributed by atoms with van der Waals surface area (Å²) in [6, 6.07) is 9.28. The molecule has 0 aliphatic heterocycles. The molecule has 0 atom stereocenters. The fraction of sp³-hybridized carbons (Fsp3) is 0. The molecule has 1 heterocycles. The second-order valence-electron chi connectivity index (χ2n) is 4.25. The molecule has 2 aromatic carbocycles. The summed E-state index contributed by atoms with van der Waals surface area (Å²) < 4.78 is 14.7. The van der Waals surface area contributed by atoms with E-state index in [-0.39, 0.29) is 5.69 Å². The Bertz CT molecular complexity index is 752. The topological polar surface area (TPSA) is 69.6 Å². The van der Waals surface area contributed by atoms with E-state index >= 15 is 0 Å². The van der Waals surface area contributed by atoms with E-state index in [0.29, 0.717) is 27.1 Å². The van der Waals surface area contributed by atoms with Crippen LogP contribution in [0.5, 0.6) is 0 Å². The van der Waals surface area contributed by atoms with Crippen molar-refractivity contribution >= 4 is 28.9 Å². The number of nitrogen functional groups attached to an aromatic ring is 1. The van der Waals surface area contributed by atoms with E-state index in [1.165, 1.54) is 16.8 Å². The maximum atomic E-state index is 13.2. The molecular weight excluding hydrogens is 316 g/mol. The highest BCUT2D eigenvalue weighted by Gasteiger charge is 2.13. The van der Waals surface area contributed by atoms with Gasteiger partial charge in [-0.25, -0.2) is 4.39 Å². The third-order valence-corrected chi connectivity index (χ3v) is 3.61. The molecule has 0 unspecified atom stereocenters. The van der Waals surface area contributed by atoms with Crippen molar-refractivity contribution in [3.8, 4) is 17.1 Å². The SMILES string of the molecule is Nc1cc(-c2nnnn2-c2ccc(Cl)c(Cl)c2)ccc1F. The average Bonchev–Trinajstić information content (AvgIpc) is 2.94. The van der Waals surface area contributed by atoms with Gasteiger partial charge in [-0.1, -0.05) is 23.2 Å². The van der Waals surface area contributed by atoms with Gasteiger partial charge >= 0.3 is 0 Å². The predicted octanol–water partition coefficient (Wildman–Crippen LogP) is 3.36. The fourth-order valence-electron chi connectivity index (χ4n) is 1.84. The Morgan fingerprint density at radius 1 is 1.05 bits per heavy atom. The second-order valence-corrected chi connectivity index (χ2v) is 5.06. The molecule has 3 rings (SSSR count). The van der Waals surface area contributed by atoms with Gasteiger partial charge in [0.25, 0.3) is 0 Å². The van der Waals surface area contributed by atoms with Crippen LogP contribution in [0.1, 0.15) is 0 Å². The molecule has 0 spiro atoms. The number of rotatable bonds is 2. The van der Waals surface area contributed by atoms with E-state index in [4.69, 9.17) is 28.9 Å². The molecule has 0 fully saturated rings. The third kappa shape index (κ3) is 2.55. The van der Waals surface area contributed by atoms with Gasteiger partial charge in [0, 0.05) is 5.56 Å². The van der Waals surface area contributed by atoms with Crippen LogP contribution >= 0.6 is 23.2 Å². The number of tetrazole rings is 1. The molecule has 0 saturated carbocycles. The van der Waals surface area contributed by atoms with E-state index in [2.05, 4.69) is 15.5 Å². The Labute approximate surface area is 129 Å². The largest absolute Gasteiger partial charge is 0.396 e. The molecule has 0 aliphatic carbocycles. The minimum absolute atomic E-state index is 0.0242. The van der Waals surface area contributed by atoms with Gasteiger partial charge in [0.15, 0.2) is 5.82 Å². The van der Waals surface area contributed by atoms with Crippen LogP contribution in [0.2, 0.25) is 10.0 Å². The van der Waals surface area contributed by atoms with Gasteiger partial charge in [-0.05, 0) is 46.8 Å². The number of nitrogens with two attached hydrogens (primary N) is 1. The quantitative estimate of drug-likeness (QED) is 0.734. The van der Waals surface area contributed by atoms with Crippen LogP contribution in [0.25, 0.3) is 17.1 Å². The molecular formula is C13H8Cl2FN5. The first-order valence-electron chi connectivity index (χ1n) is 5.85. The monoisotopic (exact) mass is 323 g/mol. The summed E-state index contributed by atoms with van der Waals surface area (Å²) in [5.74, 6) is -0.0765. The summed E-state index contributed by atoms with van der Waals surface area (Å²) >= 11 is 11.9. The minimum Gasteiger partial charge on any atom is -0.396 e. The van der Waals surface area contributed by atoms with E-state index < -0.39 is 5.82 Å². The lowest BCUT2D eigenvalue weighted by atomic mass is 10.2. The first kappa shape index (κ1) is 13.8. The van der Waals surface area contributed by atoms with Crippen molar-refractivity contribution in [3.63, 3.8) is 0 Å². The Balaban J connectivity index is 2.12. The zero-order valence-corrected chi connectivity index (χ0v) is 12.0. The van der Waals surface area contributed by atoms with Crippen LogP contribution in [-0.4, -0.2) is 20.2 Å². The van der Waals surface area contributed by atoms with Crippen molar-refractivity contribution < 1.29 is 4.39 Å². The molecule has 0 radical (unpaired) electrons. The molecule has 1 aromatic heterocycles. The van der Waals surface area contributed by atoms with Crippen molar-refractivity contribution in [1.29, 1.82) is 0 Å². The lowest BCUT2D eigenvalue weighted by molar-refractivity contribution is 0.632. The van der Waals surface area contributed by atoms with E-state index in [1.807, 2.05) is 0 Å². The lowest BCUT2D eigenvalue weighted by Gasteiger charge is -2.06. The number of benzene rings is 2. The number of nitrogens with zero attached hydrogens (tertiary/aromatic N) is 4. The summed E-state index contributed by atoms with van der Waals surface area (Å²) in [5.41, 5.74) is 6.81. The molecule has 21 heavy (non-hydrogen) atoms. The standard InChI is InChI=1S/C13H8Cl2FN5/c14-9-3-2-8(6-10(9)15)21-13(18-19-20-21)7-1-4-11(16)12(17)5-7/h1-6H,17H2. The first-order chi connectivity index (χ1) is 10.1. The number of aromatic nitrogens is 4. The van der Waals surface area contributed by atoms with Crippen LogP contribution in [0.4, 0.5) is 10.1 Å². The van der Waals surface area contributed by atoms with Crippen molar-refractivity contribution in [2.45, 2.75) is 0 Å². The van der Waals surface area contributed by atoms with E-state index in [1.54, 1.807) is 24.3 Å². The highest BCUT2D eigenvalue weighted by Crippen LogP contribution is 2.27. The van der Waals surface area contributed by atoms with Gasteiger partial charge in [0.1, 0.15) is 5.82 Å². The van der Waals surface area contributed by atoms with Gasteiger partial charge in [0.05, 0.1) is 21.4 Å². The molecule has 5 nitrogen and oxygen atoms in total. The van der Waals surface area contributed by atoms with Gasteiger partial charge < -0.3 is 5.73 Å². The van der Waals surface area contributed by atoms with E-state index in [9.17, 15) is 4.39 Å². The normalized spacial score (nSPS) is 10.8. The van der Waals surface area contributed by atoms with Gasteiger partial charge in [-0.2, -0.15) is 4.68 Å². The molecule has 0 amide bonds. The first-order valence-corrected chi connectivity index (χ1v) is 6.61. The van der Waals surface area contributed by atoms with Crippen molar-refractivity contribution in [2.75, 3.05) is 5.73 Å². The maximum absolute atomic E-state index is 13.2. The van der Waals surface area contributed by atoms with Crippen LogP contribution in [0.3, 0.4) is 0 Å². The second kappa shape index (κ2) is 5.31. The number of hydrogen-bond acceptors (Lipinski definition) is 4. The summed E-state index contributed by atoms with van der Waals surface area (Å²) in [7, 11) is 0. The van der Waals surface area contributed by atoms with E-state index in [0.717, 1.165) is 0 Å². The molecule has 8 heteroatoms. The van der Waals surface area contributed by atoms with Crippen molar-refractivity contribution in [2.24, 2.45) is 0 Å². The smallest absolute Gasteiger partial charge is 0.187 e. The molecule has 0 saturated heterocycles. The summed E-state index contributed by atoms with van der Waals surface area (Å²) in [6.45, 7) is 0. The fourth-order valence-corrected chi connectivity index (χ4v) is 2.13. The highest BCUT2D eigenvalue weighted by molar-refractivity contribution is 6.42.